The van der Waals surface area contributed by atoms with Crippen LogP contribution in [0.4, 0.5) is 17.1 Å². The second-order valence-corrected chi connectivity index (χ2v) is 14.6. The lowest BCUT2D eigenvalue weighted by molar-refractivity contribution is 0.672. The normalized spacial score (nSPS) is 11.8. The van der Waals surface area contributed by atoms with E-state index in [0.29, 0.717) is 0 Å². The molecule has 0 bridgehead atoms. The Labute approximate surface area is 310 Å². The van der Waals surface area contributed by atoms with Crippen molar-refractivity contribution in [2.45, 2.75) is 0 Å². The second-order valence-electron chi connectivity index (χ2n) is 13.6. The van der Waals surface area contributed by atoms with Crippen LogP contribution in [-0.2, 0) is 0 Å². The van der Waals surface area contributed by atoms with Gasteiger partial charge in [-0.05, 0) is 81.4 Å². The van der Waals surface area contributed by atoms with Crippen LogP contribution in [-0.4, -0.2) is 0 Å². The number of thiophene rings is 1. The highest BCUT2D eigenvalue weighted by molar-refractivity contribution is 7.26. The Hall–Kier alpha value is -6.68. The summed E-state index contributed by atoms with van der Waals surface area (Å²) < 4.78 is 9.44. The number of benzene rings is 9. The molecule has 0 unspecified atom stereocenters. The zero-order valence-corrected chi connectivity index (χ0v) is 29.5. The van der Waals surface area contributed by atoms with E-state index in [1.807, 2.05) is 11.3 Å². The van der Waals surface area contributed by atoms with E-state index in [9.17, 15) is 0 Å². The summed E-state index contributed by atoms with van der Waals surface area (Å²) in [7, 11) is 0. The Balaban J connectivity index is 1.23. The number of hydrogen-bond donors (Lipinski definition) is 0. The van der Waals surface area contributed by atoms with Gasteiger partial charge in [0.05, 0.1) is 11.1 Å². The third-order valence-electron chi connectivity index (χ3n) is 10.6. The van der Waals surface area contributed by atoms with Crippen LogP contribution < -0.4 is 4.90 Å². The summed E-state index contributed by atoms with van der Waals surface area (Å²) in [6.07, 6.45) is 0. The molecule has 0 N–H and O–H groups in total. The molecule has 11 rings (SSSR count). The van der Waals surface area contributed by atoms with Gasteiger partial charge in [0, 0.05) is 47.9 Å². The van der Waals surface area contributed by atoms with Crippen molar-refractivity contribution in [2.75, 3.05) is 4.90 Å². The summed E-state index contributed by atoms with van der Waals surface area (Å²) in [5.74, 6) is 0. The van der Waals surface area contributed by atoms with E-state index in [4.69, 9.17) is 4.42 Å². The molecular formula is C50H31NOS. The lowest BCUT2D eigenvalue weighted by Crippen LogP contribution is -2.09. The zero-order valence-electron chi connectivity index (χ0n) is 28.7. The van der Waals surface area contributed by atoms with E-state index in [1.165, 1.54) is 58.6 Å². The minimum Gasteiger partial charge on any atom is -0.455 e. The van der Waals surface area contributed by atoms with E-state index in [0.717, 1.165) is 44.4 Å². The van der Waals surface area contributed by atoms with Crippen molar-refractivity contribution in [2.24, 2.45) is 0 Å². The summed E-state index contributed by atoms with van der Waals surface area (Å²) in [4.78, 5) is 2.34. The quantitative estimate of drug-likeness (QED) is 0.178. The topological polar surface area (TPSA) is 16.4 Å². The van der Waals surface area contributed by atoms with Crippen molar-refractivity contribution in [3.63, 3.8) is 0 Å². The highest BCUT2D eigenvalue weighted by atomic mass is 32.1. The van der Waals surface area contributed by atoms with Crippen LogP contribution in [0.2, 0.25) is 0 Å². The molecule has 9 aromatic carbocycles. The molecule has 0 aliphatic rings. The maximum Gasteiger partial charge on any atom is 0.143 e. The fraction of sp³-hybridized carbons (Fsp3) is 0. The van der Waals surface area contributed by atoms with E-state index in [2.05, 4.69) is 193 Å². The summed E-state index contributed by atoms with van der Waals surface area (Å²) >= 11 is 1.89. The molecule has 0 saturated carbocycles. The van der Waals surface area contributed by atoms with Gasteiger partial charge >= 0.3 is 0 Å². The molecule has 248 valence electrons. The van der Waals surface area contributed by atoms with Crippen LogP contribution in [0.1, 0.15) is 0 Å². The van der Waals surface area contributed by atoms with Gasteiger partial charge < -0.3 is 9.32 Å². The molecule has 0 spiro atoms. The first-order valence-electron chi connectivity index (χ1n) is 18.0. The maximum atomic E-state index is 6.85. The van der Waals surface area contributed by atoms with Gasteiger partial charge in [0.2, 0.25) is 0 Å². The Bertz CT molecular complexity index is 3130. The van der Waals surface area contributed by atoms with Gasteiger partial charge in [-0.25, -0.2) is 0 Å². The van der Waals surface area contributed by atoms with E-state index in [1.54, 1.807) is 0 Å². The Morgan fingerprint density at radius 1 is 0.396 bits per heavy atom. The van der Waals surface area contributed by atoms with Crippen molar-refractivity contribution < 1.29 is 4.42 Å². The number of nitrogens with zero attached hydrogens (tertiary/aromatic N) is 1. The molecule has 3 heteroatoms. The molecular weight excluding hydrogens is 663 g/mol. The summed E-state index contributed by atoms with van der Waals surface area (Å²) in [6, 6.07) is 67.7. The molecule has 0 fully saturated rings. The number of fused-ring (bicyclic) bond motifs is 9. The van der Waals surface area contributed by atoms with E-state index >= 15 is 0 Å². The molecule has 2 heterocycles. The largest absolute Gasteiger partial charge is 0.455 e. The Morgan fingerprint density at radius 2 is 1.02 bits per heavy atom. The summed E-state index contributed by atoms with van der Waals surface area (Å²) in [6.45, 7) is 0. The van der Waals surface area contributed by atoms with Crippen LogP contribution in [0, 0.1) is 0 Å². The smallest absolute Gasteiger partial charge is 0.143 e. The molecule has 53 heavy (non-hydrogen) atoms. The SMILES string of the molecule is c1ccc(N(c2ccccc2)c2cccc3oc4c5ccccc5c(-c5ccc(-c6cccc7ccccc67)c6c5sc5ccccc56)cc4c23)cc1. The Kier molecular flexibility index (Phi) is 6.76. The van der Waals surface area contributed by atoms with Gasteiger partial charge in [-0.3, -0.25) is 0 Å². The van der Waals surface area contributed by atoms with Crippen molar-refractivity contribution in [3.05, 3.63) is 188 Å². The average molecular weight is 694 g/mol. The number of rotatable bonds is 5. The number of anilines is 3. The monoisotopic (exact) mass is 693 g/mol. The van der Waals surface area contributed by atoms with Crippen LogP contribution in [0.5, 0.6) is 0 Å². The average Bonchev–Trinajstić information content (AvgIpc) is 3.81. The van der Waals surface area contributed by atoms with E-state index < -0.39 is 0 Å². The third kappa shape index (κ3) is 4.64. The highest BCUT2D eigenvalue weighted by Gasteiger charge is 2.23. The van der Waals surface area contributed by atoms with E-state index in [-0.39, 0.29) is 0 Å². The van der Waals surface area contributed by atoms with Gasteiger partial charge in [-0.2, -0.15) is 0 Å². The zero-order chi connectivity index (χ0) is 34.9. The fourth-order valence-corrected chi connectivity index (χ4v) is 9.60. The molecule has 2 nitrogen and oxygen atoms in total. The maximum absolute atomic E-state index is 6.85. The van der Waals surface area contributed by atoms with Crippen LogP contribution >= 0.6 is 11.3 Å². The van der Waals surface area contributed by atoms with Crippen molar-refractivity contribution in [3.8, 4) is 22.3 Å². The lowest BCUT2D eigenvalue weighted by atomic mass is 9.90. The molecule has 11 aromatic rings. The van der Waals surface area contributed by atoms with Crippen LogP contribution in [0.15, 0.2) is 192 Å². The minimum absolute atomic E-state index is 0.870. The lowest BCUT2D eigenvalue weighted by Gasteiger charge is -2.26. The molecule has 0 aliphatic heterocycles. The first-order chi connectivity index (χ1) is 26.3. The fourth-order valence-electron chi connectivity index (χ4n) is 8.35. The minimum atomic E-state index is 0.870. The molecule has 0 atom stereocenters. The number of furan rings is 1. The summed E-state index contributed by atoms with van der Waals surface area (Å²) in [5, 5.41) is 9.61. The summed E-state index contributed by atoms with van der Waals surface area (Å²) in [5.41, 5.74) is 10.0. The van der Waals surface area contributed by atoms with Gasteiger partial charge in [0.15, 0.2) is 0 Å². The third-order valence-corrected chi connectivity index (χ3v) is 11.9. The van der Waals surface area contributed by atoms with Crippen LogP contribution in [0.3, 0.4) is 0 Å². The number of para-hydroxylation sites is 2. The standard InChI is InChI=1S/C50H31NOS/c1-3-17-33(18-4-1)51(34-19-5-2-6-20-34)44-26-14-27-45-48(44)43-31-42(37-22-9-10-23-39(37)49(43)52-45)40-30-29-38(36-25-13-16-32-15-7-8-21-35(32)36)47-41-24-11-12-28-46(41)53-50(40)47/h1-31H. The predicted octanol–water partition coefficient (Wildman–Crippen LogP) is 15.1. The molecule has 0 aliphatic carbocycles. The first kappa shape index (κ1) is 30.0. The molecule has 0 amide bonds. The second kappa shape index (κ2) is 11.9. The van der Waals surface area contributed by atoms with Crippen LogP contribution in [0.25, 0.3) is 85.9 Å². The van der Waals surface area contributed by atoms with Gasteiger partial charge in [-0.15, -0.1) is 11.3 Å². The first-order valence-corrected chi connectivity index (χ1v) is 18.8. The number of hydrogen-bond acceptors (Lipinski definition) is 3. The molecule has 0 saturated heterocycles. The van der Waals surface area contributed by atoms with Gasteiger partial charge in [-0.1, -0.05) is 140 Å². The Morgan fingerprint density at radius 3 is 1.81 bits per heavy atom. The highest BCUT2D eigenvalue weighted by Crippen LogP contribution is 2.50. The molecule has 0 radical (unpaired) electrons. The van der Waals surface area contributed by atoms with Crippen molar-refractivity contribution in [1.82, 2.24) is 0 Å². The predicted molar refractivity (Wildman–Crippen MR) is 227 cm³/mol. The van der Waals surface area contributed by atoms with Gasteiger partial charge in [0.25, 0.3) is 0 Å². The van der Waals surface area contributed by atoms with Gasteiger partial charge in [0.1, 0.15) is 11.2 Å². The van der Waals surface area contributed by atoms with Crippen molar-refractivity contribution >= 4 is 92.1 Å². The molecule has 2 aromatic heterocycles. The van der Waals surface area contributed by atoms with Crippen molar-refractivity contribution in [1.29, 1.82) is 0 Å².